The van der Waals surface area contributed by atoms with Gasteiger partial charge in [0, 0.05) is 6.04 Å². The highest BCUT2D eigenvalue weighted by Gasteiger charge is 2.22. The average Bonchev–Trinajstić information content (AvgIpc) is 2.95. The number of carbonyl (C=O) groups excluding carboxylic acids is 2. The number of nitrogens with zero attached hydrogens (tertiary/aromatic N) is 2. The van der Waals surface area contributed by atoms with Crippen LogP contribution in [0.5, 0.6) is 0 Å². The molecule has 0 unspecified atom stereocenters. The van der Waals surface area contributed by atoms with Crippen molar-refractivity contribution in [2.75, 3.05) is 17.7 Å². The number of nitrogens with one attached hydrogen (secondary N) is 2. The van der Waals surface area contributed by atoms with Gasteiger partial charge in [-0.3, -0.25) is 10.1 Å². The van der Waals surface area contributed by atoms with Gasteiger partial charge < -0.3 is 10.1 Å². The molecule has 1 heterocycles. The maximum Gasteiger partial charge on any atom is 0.413 e. The molecule has 1 saturated carbocycles. The molecule has 1 aliphatic carbocycles. The molecule has 2 amide bonds. The minimum atomic E-state index is -0.552. The van der Waals surface area contributed by atoms with Crippen molar-refractivity contribution in [1.82, 2.24) is 15.5 Å². The lowest BCUT2D eigenvalue weighted by Gasteiger charge is -2.29. The van der Waals surface area contributed by atoms with Gasteiger partial charge in [0.05, 0.1) is 12.4 Å². The number of hydrogen-bond donors (Lipinski definition) is 2. The zero-order chi connectivity index (χ0) is 16.7. The third-order valence-corrected chi connectivity index (χ3v) is 5.65. The minimum absolute atomic E-state index is 0.0175. The predicted molar refractivity (Wildman–Crippen MR) is 90.8 cm³/mol. The van der Waals surface area contributed by atoms with E-state index in [1.807, 2.05) is 0 Å². The van der Waals surface area contributed by atoms with Crippen LogP contribution in [0.4, 0.5) is 9.93 Å². The van der Waals surface area contributed by atoms with Crippen LogP contribution >= 0.6 is 23.1 Å². The van der Waals surface area contributed by atoms with E-state index in [0.717, 1.165) is 6.42 Å². The second-order valence-corrected chi connectivity index (χ2v) is 7.64. The van der Waals surface area contributed by atoms with Gasteiger partial charge >= 0.3 is 6.09 Å². The van der Waals surface area contributed by atoms with E-state index >= 15 is 0 Å². The van der Waals surface area contributed by atoms with Crippen molar-refractivity contribution >= 4 is 40.2 Å². The van der Waals surface area contributed by atoms with Gasteiger partial charge in [-0.15, -0.1) is 10.2 Å². The SMILES string of the molecule is CCOC(=O)Nc1nnc(SCC(=O)N[C@@H]2CCCC[C@H]2C)s1. The summed E-state index contributed by atoms with van der Waals surface area (Å²) >= 11 is 2.54. The van der Waals surface area contributed by atoms with Gasteiger partial charge in [0.25, 0.3) is 0 Å². The summed E-state index contributed by atoms with van der Waals surface area (Å²) in [6.45, 7) is 4.22. The highest BCUT2D eigenvalue weighted by atomic mass is 32.2. The fraction of sp³-hybridized carbons (Fsp3) is 0.714. The Morgan fingerprint density at radius 2 is 2.13 bits per heavy atom. The van der Waals surface area contributed by atoms with Crippen molar-refractivity contribution in [1.29, 1.82) is 0 Å². The molecule has 1 aromatic heterocycles. The number of carbonyl (C=O) groups is 2. The standard InChI is InChI=1S/C14H22N4O3S2/c1-3-21-13(20)16-12-17-18-14(23-12)22-8-11(19)15-10-7-5-4-6-9(10)2/h9-10H,3-8H2,1-2H3,(H,15,19)(H,16,17,20)/t9-,10-/m1/s1. The third-order valence-electron chi connectivity index (χ3n) is 3.68. The summed E-state index contributed by atoms with van der Waals surface area (Å²) in [6.07, 6.45) is 4.12. The molecule has 2 atom stereocenters. The molecule has 7 nitrogen and oxygen atoms in total. The largest absolute Gasteiger partial charge is 0.450 e. The lowest BCUT2D eigenvalue weighted by molar-refractivity contribution is -0.119. The zero-order valence-electron chi connectivity index (χ0n) is 13.3. The van der Waals surface area contributed by atoms with Crippen molar-refractivity contribution in [3.8, 4) is 0 Å². The van der Waals surface area contributed by atoms with E-state index in [1.165, 1.54) is 42.4 Å². The van der Waals surface area contributed by atoms with Crippen LogP contribution < -0.4 is 10.6 Å². The summed E-state index contributed by atoms with van der Waals surface area (Å²) in [5.74, 6) is 0.862. The number of hydrogen-bond acceptors (Lipinski definition) is 7. The van der Waals surface area contributed by atoms with Gasteiger partial charge in [-0.1, -0.05) is 42.9 Å². The van der Waals surface area contributed by atoms with Crippen molar-refractivity contribution in [3.63, 3.8) is 0 Å². The zero-order valence-corrected chi connectivity index (χ0v) is 15.0. The molecule has 2 rings (SSSR count). The summed E-state index contributed by atoms with van der Waals surface area (Å²) in [6, 6.07) is 0.285. The Kier molecular flexibility index (Phi) is 7.10. The summed E-state index contributed by atoms with van der Waals surface area (Å²) in [5.41, 5.74) is 0. The fourth-order valence-corrected chi connectivity index (χ4v) is 4.03. The first-order valence-corrected chi connectivity index (χ1v) is 9.58. The van der Waals surface area contributed by atoms with Gasteiger partial charge in [0.1, 0.15) is 0 Å². The molecule has 0 saturated heterocycles. The van der Waals surface area contributed by atoms with Crippen molar-refractivity contribution in [2.24, 2.45) is 5.92 Å². The predicted octanol–water partition coefficient (Wildman–Crippen LogP) is 2.89. The molecule has 23 heavy (non-hydrogen) atoms. The normalized spacial score (nSPS) is 20.8. The van der Waals surface area contributed by atoms with E-state index in [4.69, 9.17) is 4.74 Å². The number of anilines is 1. The van der Waals surface area contributed by atoms with Crippen LogP contribution in [-0.4, -0.2) is 40.6 Å². The highest BCUT2D eigenvalue weighted by Crippen LogP contribution is 2.26. The van der Waals surface area contributed by atoms with E-state index < -0.39 is 6.09 Å². The molecule has 1 aromatic rings. The van der Waals surface area contributed by atoms with Crippen molar-refractivity contribution in [2.45, 2.75) is 49.9 Å². The molecule has 2 N–H and O–H groups in total. The fourth-order valence-electron chi connectivity index (χ4n) is 2.48. The molecule has 1 fully saturated rings. The number of rotatable bonds is 6. The van der Waals surface area contributed by atoms with Crippen LogP contribution in [0.25, 0.3) is 0 Å². The van der Waals surface area contributed by atoms with Crippen LogP contribution in [0.15, 0.2) is 4.34 Å². The second kappa shape index (κ2) is 9.07. The molecular weight excluding hydrogens is 336 g/mol. The van der Waals surface area contributed by atoms with E-state index in [2.05, 4.69) is 27.8 Å². The van der Waals surface area contributed by atoms with E-state index in [0.29, 0.717) is 27.7 Å². The van der Waals surface area contributed by atoms with Crippen LogP contribution in [0.1, 0.15) is 39.5 Å². The lowest BCUT2D eigenvalue weighted by atomic mass is 9.86. The molecular formula is C14H22N4O3S2. The molecule has 0 bridgehead atoms. The Labute approximate surface area is 144 Å². The molecule has 0 spiro atoms. The molecule has 0 radical (unpaired) electrons. The topological polar surface area (TPSA) is 93.2 Å². The Morgan fingerprint density at radius 1 is 1.35 bits per heavy atom. The first-order chi connectivity index (χ1) is 11.1. The van der Waals surface area contributed by atoms with E-state index in [1.54, 1.807) is 6.92 Å². The Hall–Kier alpha value is -1.35. The molecule has 128 valence electrons. The molecule has 0 aromatic carbocycles. The van der Waals surface area contributed by atoms with Crippen LogP contribution in [0, 0.1) is 5.92 Å². The highest BCUT2D eigenvalue weighted by molar-refractivity contribution is 8.01. The summed E-state index contributed by atoms with van der Waals surface area (Å²) in [4.78, 5) is 23.3. The van der Waals surface area contributed by atoms with E-state index in [9.17, 15) is 9.59 Å². The van der Waals surface area contributed by atoms with Crippen molar-refractivity contribution in [3.05, 3.63) is 0 Å². The maximum absolute atomic E-state index is 12.0. The maximum atomic E-state index is 12.0. The Balaban J connectivity index is 1.74. The monoisotopic (exact) mass is 358 g/mol. The number of ether oxygens (including phenoxy) is 1. The van der Waals surface area contributed by atoms with Gasteiger partial charge in [0.15, 0.2) is 4.34 Å². The number of thioether (sulfide) groups is 1. The molecule has 1 aliphatic rings. The van der Waals surface area contributed by atoms with Gasteiger partial charge in [-0.2, -0.15) is 0 Å². The van der Waals surface area contributed by atoms with Crippen molar-refractivity contribution < 1.29 is 14.3 Å². The average molecular weight is 358 g/mol. The smallest absolute Gasteiger partial charge is 0.413 e. The first kappa shape index (κ1) is 18.0. The molecule has 0 aliphatic heterocycles. The van der Waals surface area contributed by atoms with Crippen LogP contribution in [0.3, 0.4) is 0 Å². The van der Waals surface area contributed by atoms with Gasteiger partial charge in [-0.25, -0.2) is 4.79 Å². The second-order valence-electron chi connectivity index (χ2n) is 5.44. The first-order valence-electron chi connectivity index (χ1n) is 7.78. The van der Waals surface area contributed by atoms with Crippen LogP contribution in [-0.2, 0) is 9.53 Å². The Bertz CT molecular complexity index is 538. The summed E-state index contributed by atoms with van der Waals surface area (Å²) < 4.78 is 5.41. The van der Waals surface area contributed by atoms with Gasteiger partial charge in [-0.05, 0) is 25.7 Å². The lowest BCUT2D eigenvalue weighted by Crippen LogP contribution is -2.41. The summed E-state index contributed by atoms with van der Waals surface area (Å²) in [7, 11) is 0. The quantitative estimate of drug-likeness (QED) is 0.600. The minimum Gasteiger partial charge on any atom is -0.450 e. The van der Waals surface area contributed by atoms with Gasteiger partial charge in [0.2, 0.25) is 11.0 Å². The van der Waals surface area contributed by atoms with E-state index in [-0.39, 0.29) is 11.9 Å². The molecule has 9 heteroatoms. The third kappa shape index (κ3) is 5.98. The Morgan fingerprint density at radius 3 is 2.87 bits per heavy atom. The summed E-state index contributed by atoms with van der Waals surface area (Å²) in [5, 5.41) is 13.8. The number of aromatic nitrogens is 2. The van der Waals surface area contributed by atoms with Crippen LogP contribution in [0.2, 0.25) is 0 Å². The number of amides is 2.